The van der Waals surface area contributed by atoms with Crippen LogP contribution in [0.3, 0.4) is 0 Å². The molecular formula is C16H26N2O. The fraction of sp³-hybridized carbons (Fsp3) is 0.625. The molecule has 2 N–H and O–H groups in total. The van der Waals surface area contributed by atoms with Crippen molar-refractivity contribution in [1.82, 2.24) is 4.90 Å². The number of benzene rings is 1. The number of nitrogens with zero attached hydrogens (tertiary/aromatic N) is 1. The summed E-state index contributed by atoms with van der Waals surface area (Å²) in [6.45, 7) is 8.31. The zero-order valence-corrected chi connectivity index (χ0v) is 12.1. The lowest BCUT2D eigenvalue weighted by atomic mass is 9.97. The fourth-order valence-corrected chi connectivity index (χ4v) is 2.63. The van der Waals surface area contributed by atoms with Crippen molar-refractivity contribution in [1.29, 1.82) is 0 Å². The number of nitrogens with two attached hydrogens (primary N) is 1. The van der Waals surface area contributed by atoms with E-state index in [1.54, 1.807) is 0 Å². The zero-order chi connectivity index (χ0) is 13.7. The molecular weight excluding hydrogens is 236 g/mol. The van der Waals surface area contributed by atoms with Gasteiger partial charge in [0.2, 0.25) is 0 Å². The number of piperidine rings is 1. The van der Waals surface area contributed by atoms with E-state index in [1.165, 1.54) is 18.4 Å². The van der Waals surface area contributed by atoms with Crippen LogP contribution in [0.5, 0.6) is 5.75 Å². The molecule has 0 saturated carbocycles. The lowest BCUT2D eigenvalue weighted by Gasteiger charge is -2.31. The molecule has 0 atom stereocenters. The molecule has 1 saturated heterocycles. The molecule has 1 aliphatic heterocycles. The standard InChI is InChI=1S/C16H26N2O/c1-13(2)19-16-5-3-4-15(10-16)12-18-8-6-14(11-17)7-9-18/h3-5,10,13-14H,6-9,11-12,17H2,1-2H3. The Balaban J connectivity index is 1.89. The molecule has 0 radical (unpaired) electrons. The van der Waals surface area contributed by atoms with Gasteiger partial charge in [0, 0.05) is 6.54 Å². The third-order valence-corrected chi connectivity index (χ3v) is 3.72. The smallest absolute Gasteiger partial charge is 0.120 e. The van der Waals surface area contributed by atoms with Crippen molar-refractivity contribution in [3.8, 4) is 5.75 Å². The average Bonchev–Trinajstić information content (AvgIpc) is 2.39. The molecule has 106 valence electrons. The number of hydrogen-bond donors (Lipinski definition) is 1. The lowest BCUT2D eigenvalue weighted by molar-refractivity contribution is 0.180. The predicted octanol–water partition coefficient (Wildman–Crippen LogP) is 2.64. The first-order chi connectivity index (χ1) is 9.17. The van der Waals surface area contributed by atoms with E-state index in [0.717, 1.165) is 37.8 Å². The van der Waals surface area contributed by atoms with Gasteiger partial charge in [0.25, 0.3) is 0 Å². The maximum absolute atomic E-state index is 5.74. The third-order valence-electron chi connectivity index (χ3n) is 3.72. The summed E-state index contributed by atoms with van der Waals surface area (Å²) in [5.74, 6) is 1.70. The van der Waals surface area contributed by atoms with Crippen LogP contribution < -0.4 is 10.5 Å². The van der Waals surface area contributed by atoms with Crippen LogP contribution in [0, 0.1) is 5.92 Å². The highest BCUT2D eigenvalue weighted by molar-refractivity contribution is 5.28. The summed E-state index contributed by atoms with van der Waals surface area (Å²) in [5.41, 5.74) is 7.07. The Labute approximate surface area is 116 Å². The van der Waals surface area contributed by atoms with E-state index in [9.17, 15) is 0 Å². The molecule has 1 aromatic rings. The van der Waals surface area contributed by atoms with Gasteiger partial charge in [-0.25, -0.2) is 0 Å². The Morgan fingerprint density at radius 1 is 1.32 bits per heavy atom. The monoisotopic (exact) mass is 262 g/mol. The van der Waals surface area contributed by atoms with Crippen molar-refractivity contribution >= 4 is 0 Å². The van der Waals surface area contributed by atoms with E-state index in [1.807, 2.05) is 6.07 Å². The van der Waals surface area contributed by atoms with Crippen LogP contribution in [0.1, 0.15) is 32.3 Å². The van der Waals surface area contributed by atoms with Gasteiger partial charge in [0.05, 0.1) is 6.10 Å². The summed E-state index contributed by atoms with van der Waals surface area (Å²) in [7, 11) is 0. The summed E-state index contributed by atoms with van der Waals surface area (Å²) in [5, 5.41) is 0. The molecule has 1 fully saturated rings. The third kappa shape index (κ3) is 4.51. The first-order valence-corrected chi connectivity index (χ1v) is 7.35. The van der Waals surface area contributed by atoms with Crippen LogP contribution in [0.25, 0.3) is 0 Å². The van der Waals surface area contributed by atoms with E-state index in [0.29, 0.717) is 0 Å². The average molecular weight is 262 g/mol. The van der Waals surface area contributed by atoms with Crippen molar-refractivity contribution < 1.29 is 4.74 Å². The summed E-state index contributed by atoms with van der Waals surface area (Å²) in [4.78, 5) is 2.51. The van der Waals surface area contributed by atoms with Gasteiger partial charge in [0.1, 0.15) is 5.75 Å². The second-order valence-electron chi connectivity index (χ2n) is 5.77. The number of hydrogen-bond acceptors (Lipinski definition) is 3. The Morgan fingerprint density at radius 2 is 2.05 bits per heavy atom. The van der Waals surface area contributed by atoms with Crippen molar-refractivity contribution in [3.63, 3.8) is 0 Å². The van der Waals surface area contributed by atoms with Crippen LogP contribution in [-0.4, -0.2) is 30.6 Å². The van der Waals surface area contributed by atoms with E-state index in [4.69, 9.17) is 10.5 Å². The highest BCUT2D eigenvalue weighted by Gasteiger charge is 2.17. The van der Waals surface area contributed by atoms with Crippen molar-refractivity contribution in [3.05, 3.63) is 29.8 Å². The highest BCUT2D eigenvalue weighted by atomic mass is 16.5. The molecule has 1 aromatic carbocycles. The summed E-state index contributed by atoms with van der Waals surface area (Å²) in [6.07, 6.45) is 2.70. The highest BCUT2D eigenvalue weighted by Crippen LogP contribution is 2.20. The second-order valence-corrected chi connectivity index (χ2v) is 5.77. The maximum Gasteiger partial charge on any atom is 0.120 e. The Bertz CT molecular complexity index is 384. The molecule has 1 heterocycles. The zero-order valence-electron chi connectivity index (χ0n) is 12.1. The van der Waals surface area contributed by atoms with Gasteiger partial charge in [0.15, 0.2) is 0 Å². The first kappa shape index (κ1) is 14.4. The van der Waals surface area contributed by atoms with Gasteiger partial charge in [-0.1, -0.05) is 12.1 Å². The van der Waals surface area contributed by atoms with Gasteiger partial charge >= 0.3 is 0 Å². The maximum atomic E-state index is 5.74. The predicted molar refractivity (Wildman–Crippen MR) is 79.3 cm³/mol. The molecule has 0 amide bonds. The molecule has 0 unspecified atom stereocenters. The Hall–Kier alpha value is -1.06. The van der Waals surface area contributed by atoms with E-state index < -0.39 is 0 Å². The molecule has 0 spiro atoms. The number of ether oxygens (including phenoxy) is 1. The molecule has 0 bridgehead atoms. The fourth-order valence-electron chi connectivity index (χ4n) is 2.63. The molecule has 1 aliphatic rings. The van der Waals surface area contributed by atoms with Gasteiger partial charge < -0.3 is 10.5 Å². The lowest BCUT2D eigenvalue weighted by Crippen LogP contribution is -2.35. The van der Waals surface area contributed by atoms with Crippen LogP contribution >= 0.6 is 0 Å². The Kier molecular flexibility index (Phi) is 5.23. The molecule has 2 rings (SSSR count). The molecule has 3 nitrogen and oxygen atoms in total. The molecule has 19 heavy (non-hydrogen) atoms. The van der Waals surface area contributed by atoms with Crippen LogP contribution in [0.2, 0.25) is 0 Å². The largest absolute Gasteiger partial charge is 0.491 e. The minimum atomic E-state index is 0.232. The number of rotatable bonds is 5. The van der Waals surface area contributed by atoms with Gasteiger partial charge in [-0.2, -0.15) is 0 Å². The topological polar surface area (TPSA) is 38.5 Å². The summed E-state index contributed by atoms with van der Waals surface area (Å²) in [6, 6.07) is 8.46. The minimum Gasteiger partial charge on any atom is -0.491 e. The molecule has 0 aliphatic carbocycles. The minimum absolute atomic E-state index is 0.232. The number of likely N-dealkylation sites (tertiary alicyclic amines) is 1. The summed E-state index contributed by atoms with van der Waals surface area (Å²) >= 11 is 0. The van der Waals surface area contributed by atoms with Crippen molar-refractivity contribution in [2.75, 3.05) is 19.6 Å². The quantitative estimate of drug-likeness (QED) is 0.886. The Morgan fingerprint density at radius 3 is 2.68 bits per heavy atom. The van der Waals surface area contributed by atoms with Gasteiger partial charge in [-0.3, -0.25) is 4.90 Å². The van der Waals surface area contributed by atoms with E-state index in [-0.39, 0.29) is 6.10 Å². The van der Waals surface area contributed by atoms with Crippen molar-refractivity contribution in [2.45, 2.75) is 39.3 Å². The van der Waals surface area contributed by atoms with Crippen LogP contribution in [-0.2, 0) is 6.54 Å². The molecule has 3 heteroatoms. The van der Waals surface area contributed by atoms with Crippen LogP contribution in [0.15, 0.2) is 24.3 Å². The first-order valence-electron chi connectivity index (χ1n) is 7.35. The van der Waals surface area contributed by atoms with Crippen LogP contribution in [0.4, 0.5) is 0 Å². The van der Waals surface area contributed by atoms with E-state index >= 15 is 0 Å². The van der Waals surface area contributed by atoms with Gasteiger partial charge in [-0.05, 0) is 69.9 Å². The second kappa shape index (κ2) is 6.92. The van der Waals surface area contributed by atoms with E-state index in [2.05, 4.69) is 36.9 Å². The normalized spacial score (nSPS) is 17.9. The van der Waals surface area contributed by atoms with Crippen molar-refractivity contribution in [2.24, 2.45) is 11.7 Å². The SMILES string of the molecule is CC(C)Oc1cccc(CN2CCC(CN)CC2)c1. The molecule has 0 aromatic heterocycles. The summed E-state index contributed by atoms with van der Waals surface area (Å²) < 4.78 is 5.74. The van der Waals surface area contributed by atoms with Gasteiger partial charge in [-0.15, -0.1) is 0 Å².